The topological polar surface area (TPSA) is 12.0 Å². The highest BCUT2D eigenvalue weighted by Crippen LogP contribution is 2.22. The maximum absolute atomic E-state index is 5.90. The first-order valence-electron chi connectivity index (χ1n) is 4.91. The highest BCUT2D eigenvalue weighted by Gasteiger charge is 2.11. The van der Waals surface area contributed by atoms with Crippen LogP contribution >= 0.6 is 11.6 Å². The van der Waals surface area contributed by atoms with Gasteiger partial charge in [-0.25, -0.2) is 0 Å². The van der Waals surface area contributed by atoms with Gasteiger partial charge in [0.15, 0.2) is 0 Å². The van der Waals surface area contributed by atoms with Crippen molar-refractivity contribution in [3.8, 4) is 0 Å². The van der Waals surface area contributed by atoms with E-state index in [0.29, 0.717) is 5.88 Å². The van der Waals surface area contributed by atoms with E-state index in [0.717, 1.165) is 0 Å². The Morgan fingerprint density at radius 2 is 1.71 bits per heavy atom. The van der Waals surface area contributed by atoms with Gasteiger partial charge in [0.25, 0.3) is 0 Å². The third kappa shape index (κ3) is 2.28. The highest BCUT2D eigenvalue weighted by atomic mass is 35.5. The van der Waals surface area contributed by atoms with Crippen molar-refractivity contribution >= 4 is 11.6 Å². The quantitative estimate of drug-likeness (QED) is 0.758. The van der Waals surface area contributed by atoms with Crippen LogP contribution < -0.4 is 5.32 Å². The fourth-order valence-electron chi connectivity index (χ4n) is 1.67. The normalized spacial score (nSPS) is 12.9. The monoisotopic (exact) mass is 211 g/mol. The molecule has 1 aromatic carbocycles. The van der Waals surface area contributed by atoms with Crippen LogP contribution in [0.15, 0.2) is 12.1 Å². The molecule has 0 saturated carbocycles. The van der Waals surface area contributed by atoms with E-state index in [4.69, 9.17) is 11.6 Å². The van der Waals surface area contributed by atoms with E-state index in [2.05, 4.69) is 38.2 Å². The second-order valence-corrected chi connectivity index (χ2v) is 4.10. The Morgan fingerprint density at radius 1 is 1.14 bits per heavy atom. The zero-order valence-electron chi connectivity index (χ0n) is 9.32. The predicted octanol–water partition coefficient (Wildman–Crippen LogP) is 3.11. The van der Waals surface area contributed by atoms with E-state index in [-0.39, 0.29) is 6.04 Å². The van der Waals surface area contributed by atoms with Crippen molar-refractivity contribution in [1.29, 1.82) is 0 Å². The molecule has 0 aromatic heterocycles. The highest BCUT2D eigenvalue weighted by molar-refractivity contribution is 6.18. The molecule has 0 aliphatic carbocycles. The molecule has 0 bridgehead atoms. The molecule has 1 nitrogen and oxygen atoms in total. The lowest BCUT2D eigenvalue weighted by Crippen LogP contribution is -2.19. The molecule has 1 rings (SSSR count). The minimum absolute atomic E-state index is 0.260. The lowest BCUT2D eigenvalue weighted by Gasteiger charge is -2.17. The van der Waals surface area contributed by atoms with Gasteiger partial charge in [-0.2, -0.15) is 0 Å². The minimum Gasteiger partial charge on any atom is -0.312 e. The Bertz CT molecular complexity index is 316. The standard InChI is InChI=1S/C12H18ClN/c1-8-5-10(3)11(6-9(8)2)12(7-13)14-4/h5-6,12,14H,7H2,1-4H3. The van der Waals surface area contributed by atoms with Crippen molar-refractivity contribution in [2.24, 2.45) is 0 Å². The summed E-state index contributed by atoms with van der Waals surface area (Å²) in [6.07, 6.45) is 0. The van der Waals surface area contributed by atoms with E-state index >= 15 is 0 Å². The second kappa shape index (κ2) is 4.81. The fraction of sp³-hybridized carbons (Fsp3) is 0.500. The molecule has 0 fully saturated rings. The van der Waals surface area contributed by atoms with Gasteiger partial charge in [-0.3, -0.25) is 0 Å². The smallest absolute Gasteiger partial charge is 0.0457 e. The summed E-state index contributed by atoms with van der Waals surface area (Å²) in [4.78, 5) is 0. The molecule has 78 valence electrons. The van der Waals surface area contributed by atoms with Crippen LogP contribution in [0.5, 0.6) is 0 Å². The van der Waals surface area contributed by atoms with Crippen LogP contribution in [-0.4, -0.2) is 12.9 Å². The first-order valence-corrected chi connectivity index (χ1v) is 5.44. The molecule has 0 aliphatic rings. The van der Waals surface area contributed by atoms with Gasteiger partial charge < -0.3 is 5.32 Å². The van der Waals surface area contributed by atoms with Gasteiger partial charge in [-0.05, 0) is 50.1 Å². The number of benzene rings is 1. The largest absolute Gasteiger partial charge is 0.312 e. The van der Waals surface area contributed by atoms with Gasteiger partial charge in [0, 0.05) is 11.9 Å². The lowest BCUT2D eigenvalue weighted by molar-refractivity contribution is 0.654. The number of hydrogen-bond donors (Lipinski definition) is 1. The number of rotatable bonds is 3. The number of hydrogen-bond acceptors (Lipinski definition) is 1. The van der Waals surface area contributed by atoms with E-state index in [1.54, 1.807) is 0 Å². The van der Waals surface area contributed by atoms with Gasteiger partial charge in [0.05, 0.1) is 0 Å². The third-order valence-electron chi connectivity index (χ3n) is 2.76. The molecule has 0 saturated heterocycles. The molecule has 1 unspecified atom stereocenters. The fourth-order valence-corrected chi connectivity index (χ4v) is 1.99. The number of nitrogens with one attached hydrogen (secondary N) is 1. The Balaban J connectivity index is 3.14. The molecule has 0 amide bonds. The lowest BCUT2D eigenvalue weighted by atomic mass is 9.97. The van der Waals surface area contributed by atoms with E-state index < -0.39 is 0 Å². The maximum atomic E-state index is 5.90. The molecule has 0 spiro atoms. The third-order valence-corrected chi connectivity index (χ3v) is 3.07. The van der Waals surface area contributed by atoms with Crippen LogP contribution in [0.1, 0.15) is 28.3 Å². The predicted molar refractivity (Wildman–Crippen MR) is 63.2 cm³/mol. The molecule has 0 aliphatic heterocycles. The maximum Gasteiger partial charge on any atom is 0.0457 e. The van der Waals surface area contributed by atoms with Crippen molar-refractivity contribution in [2.75, 3.05) is 12.9 Å². The van der Waals surface area contributed by atoms with Gasteiger partial charge in [0.2, 0.25) is 0 Å². The van der Waals surface area contributed by atoms with Crippen LogP contribution in [0, 0.1) is 20.8 Å². The molecule has 2 heteroatoms. The molecular formula is C12H18ClN. The van der Waals surface area contributed by atoms with Gasteiger partial charge in [-0.1, -0.05) is 12.1 Å². The van der Waals surface area contributed by atoms with Crippen molar-refractivity contribution in [2.45, 2.75) is 26.8 Å². The minimum atomic E-state index is 0.260. The van der Waals surface area contributed by atoms with E-state index in [9.17, 15) is 0 Å². The first kappa shape index (κ1) is 11.5. The Labute approximate surface area is 91.5 Å². The first-order chi connectivity index (χ1) is 6.60. The molecule has 0 radical (unpaired) electrons. The van der Waals surface area contributed by atoms with Crippen LogP contribution in [0.4, 0.5) is 0 Å². The van der Waals surface area contributed by atoms with Crippen molar-refractivity contribution in [3.05, 3.63) is 34.4 Å². The molecule has 1 aromatic rings. The number of alkyl halides is 1. The van der Waals surface area contributed by atoms with Crippen molar-refractivity contribution in [1.82, 2.24) is 5.32 Å². The molecule has 14 heavy (non-hydrogen) atoms. The Hall–Kier alpha value is -0.530. The molecule has 1 atom stereocenters. The average molecular weight is 212 g/mol. The summed E-state index contributed by atoms with van der Waals surface area (Å²) in [6, 6.07) is 4.71. The number of halogens is 1. The SMILES string of the molecule is CNC(CCl)c1cc(C)c(C)cc1C. The van der Waals surface area contributed by atoms with Crippen LogP contribution in [0.3, 0.4) is 0 Å². The second-order valence-electron chi connectivity index (χ2n) is 3.79. The summed E-state index contributed by atoms with van der Waals surface area (Å²) < 4.78 is 0. The zero-order valence-corrected chi connectivity index (χ0v) is 10.1. The van der Waals surface area contributed by atoms with E-state index in [1.807, 2.05) is 7.05 Å². The van der Waals surface area contributed by atoms with Crippen molar-refractivity contribution in [3.63, 3.8) is 0 Å². The molecule has 0 heterocycles. The summed E-state index contributed by atoms with van der Waals surface area (Å²) in [6.45, 7) is 6.42. The zero-order chi connectivity index (χ0) is 10.7. The average Bonchev–Trinajstić information content (AvgIpc) is 2.15. The summed E-state index contributed by atoms with van der Waals surface area (Å²) >= 11 is 5.90. The Kier molecular flexibility index (Phi) is 3.97. The number of aryl methyl sites for hydroxylation is 3. The van der Waals surface area contributed by atoms with Crippen LogP contribution in [-0.2, 0) is 0 Å². The Morgan fingerprint density at radius 3 is 2.21 bits per heavy atom. The molecule has 1 N–H and O–H groups in total. The van der Waals surface area contributed by atoms with Gasteiger partial charge >= 0.3 is 0 Å². The van der Waals surface area contributed by atoms with Crippen molar-refractivity contribution < 1.29 is 0 Å². The summed E-state index contributed by atoms with van der Waals surface area (Å²) in [5.41, 5.74) is 5.30. The van der Waals surface area contributed by atoms with Gasteiger partial charge in [0.1, 0.15) is 0 Å². The van der Waals surface area contributed by atoms with Crippen LogP contribution in [0.25, 0.3) is 0 Å². The summed E-state index contributed by atoms with van der Waals surface area (Å²) in [7, 11) is 1.95. The van der Waals surface area contributed by atoms with Gasteiger partial charge in [-0.15, -0.1) is 11.6 Å². The molecular weight excluding hydrogens is 194 g/mol. The van der Waals surface area contributed by atoms with E-state index in [1.165, 1.54) is 22.3 Å². The summed E-state index contributed by atoms with van der Waals surface area (Å²) in [5.74, 6) is 0.611. The van der Waals surface area contributed by atoms with Crippen LogP contribution in [0.2, 0.25) is 0 Å². The summed E-state index contributed by atoms with van der Waals surface area (Å²) in [5, 5.41) is 3.22.